The summed E-state index contributed by atoms with van der Waals surface area (Å²) in [5.74, 6) is -0.202. The Bertz CT molecular complexity index is 504. The van der Waals surface area contributed by atoms with E-state index in [0.29, 0.717) is 0 Å². The molecule has 1 aromatic carbocycles. The molecule has 0 saturated carbocycles. The lowest BCUT2D eigenvalue weighted by molar-refractivity contribution is 0.232. The first kappa shape index (κ1) is 10.7. The molecule has 0 amide bonds. The van der Waals surface area contributed by atoms with E-state index in [1.165, 1.54) is 17.7 Å². The maximum Gasteiger partial charge on any atom is 0.125 e. The molecular weight excluding hydrogens is 215 g/mol. The second-order valence-corrected chi connectivity index (χ2v) is 5.32. The van der Waals surface area contributed by atoms with E-state index < -0.39 is 0 Å². The first-order valence-electron chi connectivity index (χ1n) is 5.84. The lowest BCUT2D eigenvalue weighted by atomic mass is 9.80. The highest BCUT2D eigenvalue weighted by Gasteiger charge is 2.60. The van der Waals surface area contributed by atoms with E-state index in [1.54, 1.807) is 12.1 Å². The van der Waals surface area contributed by atoms with Crippen molar-refractivity contribution in [1.82, 2.24) is 0 Å². The second-order valence-electron chi connectivity index (χ2n) is 5.32. The summed E-state index contributed by atoms with van der Waals surface area (Å²) in [5, 5.41) is 0. The van der Waals surface area contributed by atoms with Gasteiger partial charge in [0, 0.05) is 5.41 Å². The Labute approximate surface area is 101 Å². The average molecular weight is 230 g/mol. The van der Waals surface area contributed by atoms with E-state index in [-0.39, 0.29) is 16.8 Å². The number of rotatable bonds is 1. The zero-order chi connectivity index (χ0) is 12.1. The highest BCUT2D eigenvalue weighted by atomic mass is 19.1. The van der Waals surface area contributed by atoms with E-state index in [4.69, 9.17) is 4.74 Å². The fourth-order valence-electron chi connectivity index (χ4n) is 2.45. The summed E-state index contributed by atoms with van der Waals surface area (Å²) >= 11 is 0. The van der Waals surface area contributed by atoms with Crippen LogP contribution in [0.4, 0.5) is 4.39 Å². The third-order valence-electron chi connectivity index (χ3n) is 3.81. The van der Waals surface area contributed by atoms with Crippen LogP contribution in [0.25, 0.3) is 6.08 Å². The Morgan fingerprint density at radius 2 is 1.88 bits per heavy atom. The summed E-state index contributed by atoms with van der Waals surface area (Å²) < 4.78 is 18.5. The van der Waals surface area contributed by atoms with E-state index >= 15 is 0 Å². The zero-order valence-electron chi connectivity index (χ0n) is 10.0. The van der Waals surface area contributed by atoms with Gasteiger partial charge in [-0.2, -0.15) is 0 Å². The Morgan fingerprint density at radius 3 is 2.47 bits per heavy atom. The highest BCUT2D eigenvalue weighted by molar-refractivity contribution is 5.63. The SMILES string of the molecule is CC1(C)C=C/C(=C\c2ccc(F)cc2)C12CO2. The minimum atomic E-state index is -0.202. The molecule has 0 N–H and O–H groups in total. The third kappa shape index (κ3) is 1.55. The highest BCUT2D eigenvalue weighted by Crippen LogP contribution is 2.55. The molecule has 2 aliphatic rings. The Morgan fingerprint density at radius 1 is 1.24 bits per heavy atom. The number of epoxide rings is 1. The summed E-state index contributed by atoms with van der Waals surface area (Å²) in [6.07, 6.45) is 6.39. The molecule has 0 aromatic heterocycles. The molecule has 1 nitrogen and oxygen atoms in total. The number of hydrogen-bond donors (Lipinski definition) is 0. The van der Waals surface area contributed by atoms with E-state index in [0.717, 1.165) is 12.2 Å². The van der Waals surface area contributed by atoms with Crippen molar-refractivity contribution in [1.29, 1.82) is 0 Å². The molecule has 1 saturated heterocycles. The third-order valence-corrected chi connectivity index (χ3v) is 3.81. The van der Waals surface area contributed by atoms with Crippen molar-refractivity contribution < 1.29 is 9.13 Å². The number of hydrogen-bond acceptors (Lipinski definition) is 1. The molecule has 1 aliphatic carbocycles. The van der Waals surface area contributed by atoms with Gasteiger partial charge in [0.1, 0.15) is 11.4 Å². The summed E-state index contributed by atoms with van der Waals surface area (Å²) in [7, 11) is 0. The molecule has 1 fully saturated rings. The van der Waals surface area contributed by atoms with Crippen molar-refractivity contribution in [2.24, 2.45) is 5.41 Å². The molecule has 88 valence electrons. The molecular formula is C15H15FO. The van der Waals surface area contributed by atoms with Crippen LogP contribution in [0.3, 0.4) is 0 Å². The van der Waals surface area contributed by atoms with Crippen LogP contribution in [0.1, 0.15) is 19.4 Å². The molecule has 1 heterocycles. The van der Waals surface area contributed by atoms with Gasteiger partial charge >= 0.3 is 0 Å². The first-order chi connectivity index (χ1) is 8.03. The number of benzene rings is 1. The van der Waals surface area contributed by atoms with Crippen LogP contribution in [0.15, 0.2) is 42.0 Å². The van der Waals surface area contributed by atoms with Crippen LogP contribution in [0.5, 0.6) is 0 Å². The zero-order valence-corrected chi connectivity index (χ0v) is 10.0. The standard InChI is InChI=1S/C15H15FO/c1-14(2)8-7-12(15(14)10-17-15)9-11-3-5-13(16)6-4-11/h3-9H,10H2,1-2H3/b12-9+. The smallest absolute Gasteiger partial charge is 0.125 e. The molecule has 1 atom stereocenters. The van der Waals surface area contributed by atoms with Crippen molar-refractivity contribution in [3.05, 3.63) is 53.4 Å². The molecule has 1 aliphatic heterocycles. The average Bonchev–Trinajstić information content (AvgIpc) is 3.04. The summed E-state index contributed by atoms with van der Waals surface area (Å²) in [4.78, 5) is 0. The molecule has 2 heteroatoms. The molecule has 0 bridgehead atoms. The lowest BCUT2D eigenvalue weighted by Gasteiger charge is -2.23. The van der Waals surface area contributed by atoms with Crippen molar-refractivity contribution in [3.8, 4) is 0 Å². The quantitative estimate of drug-likeness (QED) is 0.672. The van der Waals surface area contributed by atoms with Gasteiger partial charge in [-0.15, -0.1) is 0 Å². The largest absolute Gasteiger partial charge is 0.364 e. The van der Waals surface area contributed by atoms with E-state index in [1.807, 2.05) is 0 Å². The van der Waals surface area contributed by atoms with Crippen molar-refractivity contribution >= 4 is 6.08 Å². The monoisotopic (exact) mass is 230 g/mol. The minimum absolute atomic E-state index is 0.0544. The summed E-state index contributed by atoms with van der Waals surface area (Å²) in [6, 6.07) is 6.54. The van der Waals surface area contributed by atoms with Crippen LogP contribution >= 0.6 is 0 Å². The fourth-order valence-corrected chi connectivity index (χ4v) is 2.45. The van der Waals surface area contributed by atoms with Crippen molar-refractivity contribution in [2.45, 2.75) is 19.4 Å². The van der Waals surface area contributed by atoms with Crippen LogP contribution in [-0.2, 0) is 4.74 Å². The molecule has 1 aromatic rings. The summed E-state index contributed by atoms with van der Waals surface area (Å²) in [5.41, 5.74) is 2.12. The van der Waals surface area contributed by atoms with Crippen LogP contribution < -0.4 is 0 Å². The van der Waals surface area contributed by atoms with Gasteiger partial charge in [-0.3, -0.25) is 0 Å². The molecule has 3 rings (SSSR count). The van der Waals surface area contributed by atoms with Gasteiger partial charge in [0.05, 0.1) is 6.61 Å². The van der Waals surface area contributed by atoms with Gasteiger partial charge < -0.3 is 4.74 Å². The van der Waals surface area contributed by atoms with Gasteiger partial charge in [0.25, 0.3) is 0 Å². The van der Waals surface area contributed by atoms with Crippen LogP contribution in [-0.4, -0.2) is 12.2 Å². The van der Waals surface area contributed by atoms with Crippen molar-refractivity contribution in [3.63, 3.8) is 0 Å². The molecule has 17 heavy (non-hydrogen) atoms. The maximum atomic E-state index is 12.8. The van der Waals surface area contributed by atoms with E-state index in [2.05, 4.69) is 32.1 Å². The van der Waals surface area contributed by atoms with Gasteiger partial charge in [-0.25, -0.2) is 4.39 Å². The topological polar surface area (TPSA) is 12.5 Å². The molecule has 1 unspecified atom stereocenters. The van der Waals surface area contributed by atoms with Gasteiger partial charge in [0.2, 0.25) is 0 Å². The van der Waals surface area contributed by atoms with E-state index in [9.17, 15) is 4.39 Å². The minimum Gasteiger partial charge on any atom is -0.364 e. The Balaban J connectivity index is 1.96. The van der Waals surface area contributed by atoms with Gasteiger partial charge in [-0.1, -0.05) is 38.1 Å². The van der Waals surface area contributed by atoms with Crippen LogP contribution in [0.2, 0.25) is 0 Å². The predicted octanol–water partition coefficient (Wildman–Crippen LogP) is 3.57. The second kappa shape index (κ2) is 3.30. The van der Waals surface area contributed by atoms with Crippen molar-refractivity contribution in [2.75, 3.05) is 6.61 Å². The fraction of sp³-hybridized carbons (Fsp3) is 0.333. The lowest BCUT2D eigenvalue weighted by Crippen LogP contribution is -2.28. The normalized spacial score (nSPS) is 31.4. The first-order valence-corrected chi connectivity index (χ1v) is 5.84. The number of ether oxygens (including phenoxy) is 1. The predicted molar refractivity (Wildman–Crippen MR) is 66.0 cm³/mol. The van der Waals surface area contributed by atoms with Gasteiger partial charge in [-0.05, 0) is 29.3 Å². The maximum absolute atomic E-state index is 12.8. The Kier molecular flexibility index (Phi) is 2.08. The molecule has 1 spiro atoms. The van der Waals surface area contributed by atoms with Crippen LogP contribution in [0, 0.1) is 11.2 Å². The van der Waals surface area contributed by atoms with Gasteiger partial charge in [0.15, 0.2) is 0 Å². The molecule has 0 radical (unpaired) electrons. The Hall–Kier alpha value is -1.41. The number of halogens is 1. The summed E-state index contributed by atoms with van der Waals surface area (Å²) in [6.45, 7) is 5.14.